The summed E-state index contributed by atoms with van der Waals surface area (Å²) in [5.41, 5.74) is 1.16. The Kier molecular flexibility index (Phi) is 5.38. The zero-order valence-corrected chi connectivity index (χ0v) is 16.2. The van der Waals surface area contributed by atoms with Crippen LogP contribution in [-0.2, 0) is 16.1 Å². The number of hydrogen-bond donors (Lipinski definition) is 1. The second kappa shape index (κ2) is 8.27. The van der Waals surface area contributed by atoms with Gasteiger partial charge in [-0.05, 0) is 52.9 Å². The van der Waals surface area contributed by atoms with Crippen molar-refractivity contribution >= 4 is 17.5 Å². The summed E-state index contributed by atoms with van der Waals surface area (Å²) in [7, 11) is 1.57. The first-order chi connectivity index (χ1) is 14.5. The Labute approximate surface area is 171 Å². The van der Waals surface area contributed by atoms with Gasteiger partial charge in [0, 0.05) is 18.7 Å². The summed E-state index contributed by atoms with van der Waals surface area (Å²) in [6, 6.07) is 12.9. The van der Waals surface area contributed by atoms with Gasteiger partial charge in [-0.1, -0.05) is 6.07 Å². The van der Waals surface area contributed by atoms with Crippen LogP contribution in [0.3, 0.4) is 0 Å². The third-order valence-corrected chi connectivity index (χ3v) is 4.89. The molecule has 30 heavy (non-hydrogen) atoms. The van der Waals surface area contributed by atoms with Crippen molar-refractivity contribution in [3.8, 4) is 11.4 Å². The molecule has 1 aliphatic heterocycles. The van der Waals surface area contributed by atoms with E-state index >= 15 is 0 Å². The molecule has 1 fully saturated rings. The highest BCUT2D eigenvalue weighted by molar-refractivity contribution is 6.00. The van der Waals surface area contributed by atoms with Gasteiger partial charge in [-0.3, -0.25) is 9.59 Å². The highest BCUT2D eigenvalue weighted by Gasteiger charge is 2.35. The molecule has 1 aromatic heterocycles. The summed E-state index contributed by atoms with van der Waals surface area (Å²) in [6.45, 7) is 0.335. The number of amides is 2. The lowest BCUT2D eigenvalue weighted by molar-refractivity contribution is -0.126. The van der Waals surface area contributed by atoms with Crippen molar-refractivity contribution in [2.45, 2.75) is 13.0 Å². The van der Waals surface area contributed by atoms with E-state index in [9.17, 15) is 14.0 Å². The van der Waals surface area contributed by atoms with Crippen LogP contribution >= 0.6 is 0 Å². The molecule has 1 saturated heterocycles. The van der Waals surface area contributed by atoms with Crippen molar-refractivity contribution in [3.05, 3.63) is 60.2 Å². The van der Waals surface area contributed by atoms with Crippen LogP contribution in [0.1, 0.15) is 12.2 Å². The van der Waals surface area contributed by atoms with Gasteiger partial charge in [0.05, 0.1) is 25.3 Å². The number of nitrogens with one attached hydrogen (secondary N) is 1. The summed E-state index contributed by atoms with van der Waals surface area (Å²) in [6.07, 6.45) is 0.118. The molecule has 2 aromatic carbocycles. The van der Waals surface area contributed by atoms with Crippen LogP contribution in [0, 0.1) is 11.7 Å². The number of methoxy groups -OCH3 is 1. The summed E-state index contributed by atoms with van der Waals surface area (Å²) in [5, 5.41) is 14.1. The molecule has 1 atom stereocenters. The number of carbonyl (C=O) groups is 2. The van der Waals surface area contributed by atoms with Gasteiger partial charge >= 0.3 is 0 Å². The number of hydrogen-bond acceptors (Lipinski definition) is 6. The van der Waals surface area contributed by atoms with E-state index in [0.29, 0.717) is 22.9 Å². The van der Waals surface area contributed by atoms with Gasteiger partial charge in [0.1, 0.15) is 11.6 Å². The summed E-state index contributed by atoms with van der Waals surface area (Å²) in [4.78, 5) is 26.6. The maximum absolute atomic E-state index is 13.5. The molecule has 0 radical (unpaired) electrons. The molecular formula is C20H19FN6O3. The standard InChI is InChI=1S/C20H19FN6O3/c1-30-17-7-5-15(6-8-17)26-12-13(9-19(26)28)20(29)22-11-18-23-24-25-27(18)16-4-2-3-14(21)10-16/h2-8,10,13H,9,11-12H2,1H3,(H,22,29). The van der Waals surface area contributed by atoms with Crippen molar-refractivity contribution in [2.75, 3.05) is 18.6 Å². The molecule has 3 aromatic rings. The molecule has 1 N–H and O–H groups in total. The van der Waals surface area contributed by atoms with Crippen molar-refractivity contribution in [3.63, 3.8) is 0 Å². The van der Waals surface area contributed by atoms with Crippen LogP contribution in [-0.4, -0.2) is 45.7 Å². The van der Waals surface area contributed by atoms with E-state index in [1.54, 1.807) is 48.4 Å². The molecule has 10 heteroatoms. The Morgan fingerprint density at radius 3 is 2.77 bits per heavy atom. The molecule has 0 saturated carbocycles. The predicted molar refractivity (Wildman–Crippen MR) is 104 cm³/mol. The van der Waals surface area contributed by atoms with Crippen molar-refractivity contribution in [1.29, 1.82) is 0 Å². The maximum atomic E-state index is 13.5. The second-order valence-electron chi connectivity index (χ2n) is 6.81. The highest BCUT2D eigenvalue weighted by atomic mass is 19.1. The Bertz CT molecular complexity index is 1070. The lowest BCUT2D eigenvalue weighted by Gasteiger charge is -2.17. The Morgan fingerprint density at radius 1 is 1.23 bits per heavy atom. The number of anilines is 1. The fourth-order valence-electron chi connectivity index (χ4n) is 3.33. The van der Waals surface area contributed by atoms with Crippen molar-refractivity contribution in [1.82, 2.24) is 25.5 Å². The molecule has 0 spiro atoms. The minimum atomic E-state index is -0.488. The third kappa shape index (κ3) is 3.97. The van der Waals surface area contributed by atoms with E-state index < -0.39 is 11.7 Å². The molecule has 4 rings (SSSR count). The zero-order chi connectivity index (χ0) is 21.1. The summed E-state index contributed by atoms with van der Waals surface area (Å²) < 4.78 is 20.0. The minimum absolute atomic E-state index is 0.0512. The molecule has 0 bridgehead atoms. The minimum Gasteiger partial charge on any atom is -0.497 e. The quantitative estimate of drug-likeness (QED) is 0.660. The van der Waals surface area contributed by atoms with Gasteiger partial charge in [-0.25, -0.2) is 4.39 Å². The summed E-state index contributed by atoms with van der Waals surface area (Å²) >= 11 is 0. The molecule has 154 valence electrons. The van der Waals surface area contributed by atoms with Crippen molar-refractivity contribution < 1.29 is 18.7 Å². The number of rotatable bonds is 6. The molecular weight excluding hydrogens is 391 g/mol. The van der Waals surface area contributed by atoms with Gasteiger partial charge in [0.2, 0.25) is 11.8 Å². The van der Waals surface area contributed by atoms with E-state index in [2.05, 4.69) is 20.8 Å². The molecule has 2 heterocycles. The van der Waals surface area contributed by atoms with E-state index in [4.69, 9.17) is 4.74 Å². The van der Waals surface area contributed by atoms with Gasteiger partial charge in [0.15, 0.2) is 5.82 Å². The number of nitrogens with zero attached hydrogens (tertiary/aromatic N) is 5. The SMILES string of the molecule is COc1ccc(N2CC(C(=O)NCc3nnnn3-c3cccc(F)c3)CC2=O)cc1. The van der Waals surface area contributed by atoms with Crippen LogP contribution in [0.25, 0.3) is 5.69 Å². The van der Waals surface area contributed by atoms with E-state index in [1.165, 1.54) is 16.8 Å². The summed E-state index contributed by atoms with van der Waals surface area (Å²) in [5.74, 6) is -0.252. The lowest BCUT2D eigenvalue weighted by atomic mass is 10.1. The Hall–Kier alpha value is -3.82. The molecule has 1 aliphatic rings. The number of benzene rings is 2. The van der Waals surface area contributed by atoms with Crippen LogP contribution < -0.4 is 15.0 Å². The van der Waals surface area contributed by atoms with E-state index in [0.717, 1.165) is 0 Å². The van der Waals surface area contributed by atoms with Gasteiger partial charge in [0.25, 0.3) is 0 Å². The molecule has 9 nitrogen and oxygen atoms in total. The third-order valence-electron chi connectivity index (χ3n) is 4.89. The van der Waals surface area contributed by atoms with Crippen LogP contribution in [0.2, 0.25) is 0 Å². The normalized spacial score (nSPS) is 16.0. The van der Waals surface area contributed by atoms with E-state index in [1.807, 2.05) is 0 Å². The second-order valence-corrected chi connectivity index (χ2v) is 6.81. The number of aromatic nitrogens is 4. The monoisotopic (exact) mass is 410 g/mol. The largest absolute Gasteiger partial charge is 0.497 e. The predicted octanol–water partition coefficient (Wildman–Crippen LogP) is 1.48. The van der Waals surface area contributed by atoms with Crippen LogP contribution in [0.15, 0.2) is 48.5 Å². The lowest BCUT2D eigenvalue weighted by Crippen LogP contribution is -2.33. The zero-order valence-electron chi connectivity index (χ0n) is 16.2. The van der Waals surface area contributed by atoms with Gasteiger partial charge in [-0.15, -0.1) is 5.10 Å². The smallest absolute Gasteiger partial charge is 0.227 e. The molecule has 2 amide bonds. The number of tetrazole rings is 1. The topological polar surface area (TPSA) is 102 Å². The Morgan fingerprint density at radius 2 is 2.03 bits per heavy atom. The van der Waals surface area contributed by atoms with Gasteiger partial charge < -0.3 is 15.0 Å². The Balaban J connectivity index is 1.39. The fraction of sp³-hybridized carbons (Fsp3) is 0.250. The fourth-order valence-corrected chi connectivity index (χ4v) is 3.33. The first-order valence-electron chi connectivity index (χ1n) is 9.30. The maximum Gasteiger partial charge on any atom is 0.227 e. The molecule has 0 aliphatic carbocycles. The van der Waals surface area contributed by atoms with E-state index in [-0.39, 0.29) is 31.3 Å². The van der Waals surface area contributed by atoms with Crippen LogP contribution in [0.5, 0.6) is 5.75 Å². The first kappa shape index (κ1) is 19.5. The number of halogens is 1. The highest BCUT2D eigenvalue weighted by Crippen LogP contribution is 2.27. The van der Waals surface area contributed by atoms with Gasteiger partial charge in [-0.2, -0.15) is 4.68 Å². The number of carbonyl (C=O) groups excluding carboxylic acids is 2. The van der Waals surface area contributed by atoms with Crippen molar-refractivity contribution in [2.24, 2.45) is 5.92 Å². The average molecular weight is 410 g/mol. The first-order valence-corrected chi connectivity index (χ1v) is 9.30. The van der Waals surface area contributed by atoms with Crippen LogP contribution in [0.4, 0.5) is 10.1 Å². The number of ether oxygens (including phenoxy) is 1. The molecule has 1 unspecified atom stereocenters. The average Bonchev–Trinajstić information content (AvgIpc) is 3.39.